The fraction of sp³-hybridized carbons (Fsp3) is 0.771. The Morgan fingerprint density at radius 2 is 1.09 bits per heavy atom. The van der Waals surface area contributed by atoms with Crippen LogP contribution in [0.25, 0.3) is 0 Å². The molecule has 1 aliphatic heterocycles. The van der Waals surface area contributed by atoms with Gasteiger partial charge in [0, 0.05) is 13.0 Å². The lowest BCUT2D eigenvalue weighted by Crippen LogP contribution is -2.61. The first kappa shape index (κ1) is 72.2. The number of aliphatic hydroxyl groups is 2. The van der Waals surface area contributed by atoms with Gasteiger partial charge in [0.1, 0.15) is 54.4 Å². The zero-order valence-corrected chi connectivity index (χ0v) is 46.6. The summed E-state index contributed by atoms with van der Waals surface area (Å²) in [7, 11) is 0. The summed E-state index contributed by atoms with van der Waals surface area (Å²) >= 11 is 0. The predicted octanol–water partition coefficient (Wildman–Crippen LogP) is -6.68. The Hall–Kier alpha value is -5.82. The van der Waals surface area contributed by atoms with E-state index in [2.05, 4.69) is 65.4 Å². The van der Waals surface area contributed by atoms with E-state index in [4.69, 9.17) is 28.7 Å². The Kier molecular flexibility index (Phi) is 36.6. The number of carbonyl (C=O) groups is 11. The van der Waals surface area contributed by atoms with E-state index in [1.54, 1.807) is 13.8 Å². The minimum atomic E-state index is -1.68. The molecule has 1 rings (SSSR count). The number of hydrogen-bond acceptors (Lipinski definition) is 18. The van der Waals surface area contributed by atoms with E-state index in [1.165, 1.54) is 13.8 Å². The van der Waals surface area contributed by atoms with E-state index in [0.717, 1.165) is 25.7 Å². The molecule has 23 N–H and O–H groups in total. The van der Waals surface area contributed by atoms with Crippen LogP contribution in [0.2, 0.25) is 0 Å². The highest BCUT2D eigenvalue weighted by atomic mass is 35.5. The fourth-order valence-electron chi connectivity index (χ4n) is 7.96. The molecule has 29 nitrogen and oxygen atoms in total. The van der Waals surface area contributed by atoms with Gasteiger partial charge in [0.2, 0.25) is 65.0 Å². The van der Waals surface area contributed by atoms with Crippen molar-refractivity contribution in [2.24, 2.45) is 34.6 Å². The van der Waals surface area contributed by atoms with Crippen molar-refractivity contribution in [2.45, 2.75) is 185 Å². The van der Waals surface area contributed by atoms with Crippen LogP contribution in [-0.4, -0.2) is 188 Å². The van der Waals surface area contributed by atoms with Crippen LogP contribution in [0.3, 0.4) is 0 Å². The van der Waals surface area contributed by atoms with Crippen molar-refractivity contribution in [3.63, 3.8) is 0 Å². The molecule has 30 heteroatoms. The summed E-state index contributed by atoms with van der Waals surface area (Å²) in [5, 5.41) is 48.6. The third-order valence-electron chi connectivity index (χ3n) is 12.2. The molecule has 11 amide bonds. The standard InChI is InChI=1S/C48H90N16O13.ClH/c1-6-7-8-9-10-11-36(67)56-30(13-19-50)44(73)64-39(28(5)66)48(77)62-32(15-21-52)42(71)61-34-17-23-54-47(76)38(27(4)65)63-45(74)33(16-22-53)59-41(70)31(14-20-51)60-46(75)35(24-26(2)3)57-37(68)25-55-40(69)29(12-18-49)58-43(34)72;/h26-35,38-39,65-66H,6-25,49-53H2,1-5H3,(H,54,76)(H,55,69)(H,56,67)(H,57,68)(H,58,72)(H,59,70)(H,60,75)(H,61,71)(H,62,77)(H,63,74)(H,64,73);1H/t27-,28-,29+,30+,31+,32+,33+,34+,35+,38+,39+;/m1./s1. The maximum Gasteiger partial charge on any atom is 0.245 e. The Morgan fingerprint density at radius 1 is 0.577 bits per heavy atom. The molecule has 0 saturated carbocycles. The molecule has 0 radical (unpaired) electrons. The Balaban J connectivity index is 0.0000593. The lowest BCUT2D eigenvalue weighted by molar-refractivity contribution is -0.136. The predicted molar refractivity (Wildman–Crippen MR) is 290 cm³/mol. The number of carbonyl (C=O) groups excluding carboxylic acids is 11. The third-order valence-corrected chi connectivity index (χ3v) is 12.2. The van der Waals surface area contributed by atoms with Gasteiger partial charge >= 0.3 is 0 Å². The molecule has 1 heterocycles. The molecule has 448 valence electrons. The van der Waals surface area contributed by atoms with Crippen LogP contribution in [0.5, 0.6) is 0 Å². The molecule has 0 aromatic carbocycles. The van der Waals surface area contributed by atoms with Gasteiger partial charge in [0.15, 0.2) is 0 Å². The van der Waals surface area contributed by atoms with Gasteiger partial charge in [0.05, 0.1) is 18.8 Å². The maximum absolute atomic E-state index is 14.2. The highest BCUT2D eigenvalue weighted by Crippen LogP contribution is 2.10. The molecule has 0 bridgehead atoms. The second-order valence-electron chi connectivity index (χ2n) is 19.5. The van der Waals surface area contributed by atoms with Crippen LogP contribution in [0.15, 0.2) is 0 Å². The van der Waals surface area contributed by atoms with Gasteiger partial charge in [-0.25, -0.2) is 0 Å². The van der Waals surface area contributed by atoms with E-state index in [1.807, 2.05) is 0 Å². The van der Waals surface area contributed by atoms with Crippen molar-refractivity contribution in [1.82, 2.24) is 58.5 Å². The van der Waals surface area contributed by atoms with Crippen LogP contribution in [0.1, 0.15) is 118 Å². The van der Waals surface area contributed by atoms with Gasteiger partial charge in [-0.3, -0.25) is 52.7 Å². The molecule has 0 aromatic heterocycles. The quantitative estimate of drug-likeness (QED) is 0.0340. The van der Waals surface area contributed by atoms with Crippen molar-refractivity contribution < 1.29 is 63.0 Å². The number of hydrogen-bond donors (Lipinski definition) is 18. The topological polar surface area (TPSA) is 491 Å². The molecule has 78 heavy (non-hydrogen) atoms. The highest BCUT2D eigenvalue weighted by molar-refractivity contribution is 5.98. The summed E-state index contributed by atoms with van der Waals surface area (Å²) in [5.74, 6) is -9.84. The molecule has 0 aliphatic carbocycles. The summed E-state index contributed by atoms with van der Waals surface area (Å²) in [6, 6.07) is -13.1. The number of nitrogens with one attached hydrogen (secondary N) is 11. The Morgan fingerprint density at radius 3 is 1.60 bits per heavy atom. The number of unbranched alkanes of at least 4 members (excludes halogenated alkanes) is 4. The molecular weight excluding hydrogens is 1040 g/mol. The van der Waals surface area contributed by atoms with Crippen LogP contribution in [0.4, 0.5) is 0 Å². The molecule has 0 spiro atoms. The zero-order chi connectivity index (χ0) is 58.2. The average molecular weight is 1140 g/mol. The van der Waals surface area contributed by atoms with Gasteiger partial charge in [-0.1, -0.05) is 46.5 Å². The SMILES string of the molecule is CCCCCCCC(=O)N[C@@H](CCN)C(=O)N[C@H](C(=O)N[C@@H](CCN)C(=O)N[C@H]1CCNC(=O)[C@H]([C@@H](C)O)NC(=O)[C@H](CCN)NC(=O)[C@H](CCN)NC(=O)[C@H](CC(C)C)NC(=O)CNC(=O)[C@H](CCN)NC1=O)[C@@H](C)O.Cl. The molecule has 1 saturated heterocycles. The second-order valence-corrected chi connectivity index (χ2v) is 19.5. The number of nitrogens with two attached hydrogens (primary N) is 5. The summed E-state index contributed by atoms with van der Waals surface area (Å²) in [6.45, 7) is 6.21. The first-order valence-electron chi connectivity index (χ1n) is 26.6. The molecule has 0 unspecified atom stereocenters. The summed E-state index contributed by atoms with van der Waals surface area (Å²) in [4.78, 5) is 150. The first-order chi connectivity index (χ1) is 36.5. The van der Waals surface area contributed by atoms with Crippen LogP contribution in [-0.2, 0) is 52.7 Å². The number of halogens is 1. The van der Waals surface area contributed by atoms with E-state index in [0.29, 0.717) is 6.42 Å². The fourth-order valence-corrected chi connectivity index (χ4v) is 7.96. The van der Waals surface area contributed by atoms with Crippen LogP contribution >= 0.6 is 12.4 Å². The molecule has 11 atom stereocenters. The Labute approximate surface area is 462 Å². The maximum atomic E-state index is 14.2. The van der Waals surface area contributed by atoms with Crippen molar-refractivity contribution in [1.29, 1.82) is 0 Å². The van der Waals surface area contributed by atoms with E-state index < -0.39 is 151 Å². The highest BCUT2D eigenvalue weighted by Gasteiger charge is 2.36. The van der Waals surface area contributed by atoms with Gasteiger partial charge in [0.25, 0.3) is 0 Å². The number of aliphatic hydroxyl groups excluding tert-OH is 2. The van der Waals surface area contributed by atoms with Crippen LogP contribution in [0, 0.1) is 5.92 Å². The second kappa shape index (κ2) is 39.5. The zero-order valence-electron chi connectivity index (χ0n) is 45.8. The number of rotatable bonds is 27. The first-order valence-corrected chi connectivity index (χ1v) is 26.6. The summed E-state index contributed by atoms with van der Waals surface area (Å²) in [5.41, 5.74) is 28.9. The van der Waals surface area contributed by atoms with Gasteiger partial charge in [-0.15, -0.1) is 12.4 Å². The average Bonchev–Trinajstić information content (AvgIpc) is 3.36. The monoisotopic (exact) mass is 1130 g/mol. The van der Waals surface area contributed by atoms with Crippen molar-refractivity contribution in [3.05, 3.63) is 0 Å². The minimum Gasteiger partial charge on any atom is -0.391 e. The van der Waals surface area contributed by atoms with Gasteiger partial charge in [-0.05, 0) is 104 Å². The van der Waals surface area contributed by atoms with Crippen molar-refractivity contribution in [3.8, 4) is 0 Å². The minimum absolute atomic E-state index is 0. The normalized spacial score (nSPS) is 22.4. The third kappa shape index (κ3) is 27.2. The van der Waals surface area contributed by atoms with Crippen molar-refractivity contribution in [2.75, 3.05) is 45.8 Å². The molecule has 1 aliphatic rings. The van der Waals surface area contributed by atoms with E-state index in [9.17, 15) is 63.0 Å². The molecule has 1 fully saturated rings. The number of amides is 11. The summed E-state index contributed by atoms with van der Waals surface area (Å²) < 4.78 is 0. The van der Waals surface area contributed by atoms with E-state index in [-0.39, 0.29) is 96.0 Å². The smallest absolute Gasteiger partial charge is 0.245 e. The lowest BCUT2D eigenvalue weighted by Gasteiger charge is -2.28. The molecular formula is C48H91ClN16O13. The molecule has 0 aromatic rings. The lowest BCUT2D eigenvalue weighted by atomic mass is 10.0. The van der Waals surface area contributed by atoms with Crippen LogP contribution < -0.4 is 87.2 Å². The van der Waals surface area contributed by atoms with E-state index >= 15 is 0 Å². The summed E-state index contributed by atoms with van der Waals surface area (Å²) in [6.07, 6.45) is 0.322. The Bertz CT molecular complexity index is 1940. The largest absolute Gasteiger partial charge is 0.391 e. The van der Waals surface area contributed by atoms with Crippen molar-refractivity contribution >= 4 is 77.4 Å². The van der Waals surface area contributed by atoms with Gasteiger partial charge in [-0.2, -0.15) is 0 Å². The van der Waals surface area contributed by atoms with Gasteiger partial charge < -0.3 is 97.4 Å².